The second-order valence-electron chi connectivity index (χ2n) is 5.50. The van der Waals surface area contributed by atoms with Crippen LogP contribution in [0.2, 0.25) is 0 Å². The van der Waals surface area contributed by atoms with Crippen molar-refractivity contribution in [1.29, 1.82) is 0 Å². The molecule has 0 unspecified atom stereocenters. The quantitative estimate of drug-likeness (QED) is 0.849. The highest BCUT2D eigenvalue weighted by Crippen LogP contribution is 2.27. The van der Waals surface area contributed by atoms with E-state index < -0.39 is 0 Å². The molecule has 4 nitrogen and oxygen atoms in total. The number of allylic oxidation sites excluding steroid dienone is 1. The minimum absolute atomic E-state index is 0.241. The zero-order valence-electron chi connectivity index (χ0n) is 14.2. The standard InChI is InChI=1S/C19H22FN3O/c1-4-5-6-17(16-9-8-15(20)11-13(16)2)14-7-10-18(22-12-14)23-19(24)21-3/h6-12H,4-5H2,1-3H3,(H2,21,22,23,24). The minimum atomic E-state index is -0.314. The Labute approximate surface area is 141 Å². The Kier molecular flexibility index (Phi) is 6.07. The number of benzene rings is 1. The van der Waals surface area contributed by atoms with E-state index in [4.69, 9.17) is 0 Å². The molecule has 0 aliphatic carbocycles. The van der Waals surface area contributed by atoms with Gasteiger partial charge in [-0.2, -0.15) is 0 Å². The maximum atomic E-state index is 13.4. The fourth-order valence-corrected chi connectivity index (χ4v) is 2.41. The predicted molar refractivity (Wildman–Crippen MR) is 95.4 cm³/mol. The number of urea groups is 1. The van der Waals surface area contributed by atoms with E-state index in [1.807, 2.05) is 13.0 Å². The Morgan fingerprint density at radius 2 is 2.08 bits per heavy atom. The van der Waals surface area contributed by atoms with Gasteiger partial charge in [0.2, 0.25) is 0 Å². The van der Waals surface area contributed by atoms with Crippen LogP contribution in [0.25, 0.3) is 5.57 Å². The number of carbonyl (C=O) groups excluding carboxylic acids is 1. The first-order valence-corrected chi connectivity index (χ1v) is 7.97. The number of anilines is 1. The van der Waals surface area contributed by atoms with Gasteiger partial charge in [-0.3, -0.25) is 5.32 Å². The molecule has 0 radical (unpaired) electrons. The van der Waals surface area contributed by atoms with Crippen LogP contribution in [-0.4, -0.2) is 18.1 Å². The molecule has 1 aromatic carbocycles. The molecule has 0 bridgehead atoms. The maximum Gasteiger partial charge on any atom is 0.320 e. The van der Waals surface area contributed by atoms with Crippen LogP contribution in [0, 0.1) is 12.7 Å². The fraction of sp³-hybridized carbons (Fsp3) is 0.263. The Hall–Kier alpha value is -2.69. The lowest BCUT2D eigenvalue weighted by molar-refractivity contribution is 0.254. The van der Waals surface area contributed by atoms with Gasteiger partial charge in [0.05, 0.1) is 0 Å². The molecular weight excluding hydrogens is 305 g/mol. The molecule has 1 heterocycles. The van der Waals surface area contributed by atoms with Crippen LogP contribution in [0.3, 0.4) is 0 Å². The lowest BCUT2D eigenvalue weighted by Gasteiger charge is -2.12. The third-order valence-corrected chi connectivity index (χ3v) is 3.66. The van der Waals surface area contributed by atoms with E-state index in [1.54, 1.807) is 25.4 Å². The number of aryl methyl sites for hydroxylation is 1. The van der Waals surface area contributed by atoms with Crippen molar-refractivity contribution in [3.63, 3.8) is 0 Å². The molecule has 0 saturated carbocycles. The zero-order chi connectivity index (χ0) is 17.5. The number of nitrogens with zero attached hydrogens (tertiary/aromatic N) is 1. The molecule has 5 heteroatoms. The fourth-order valence-electron chi connectivity index (χ4n) is 2.41. The highest BCUT2D eigenvalue weighted by molar-refractivity contribution is 5.88. The summed E-state index contributed by atoms with van der Waals surface area (Å²) >= 11 is 0. The van der Waals surface area contributed by atoms with Crippen molar-refractivity contribution in [3.05, 3.63) is 65.1 Å². The molecule has 2 rings (SSSR count). The van der Waals surface area contributed by atoms with Crippen LogP contribution >= 0.6 is 0 Å². The van der Waals surface area contributed by atoms with Crippen LogP contribution in [0.1, 0.15) is 36.5 Å². The Morgan fingerprint density at radius 3 is 2.67 bits per heavy atom. The van der Waals surface area contributed by atoms with E-state index in [9.17, 15) is 9.18 Å². The van der Waals surface area contributed by atoms with Gasteiger partial charge in [-0.1, -0.05) is 25.5 Å². The summed E-state index contributed by atoms with van der Waals surface area (Å²) in [4.78, 5) is 15.6. The zero-order valence-corrected chi connectivity index (χ0v) is 14.2. The molecule has 0 fully saturated rings. The lowest BCUT2D eigenvalue weighted by atomic mass is 9.94. The molecule has 126 valence electrons. The molecule has 0 saturated heterocycles. The van der Waals surface area contributed by atoms with Crippen molar-refractivity contribution in [2.24, 2.45) is 0 Å². The Balaban J connectivity index is 2.36. The number of nitrogens with one attached hydrogen (secondary N) is 2. The van der Waals surface area contributed by atoms with E-state index in [2.05, 4.69) is 28.6 Å². The smallest absolute Gasteiger partial charge is 0.320 e. The van der Waals surface area contributed by atoms with Gasteiger partial charge in [0.25, 0.3) is 0 Å². The lowest BCUT2D eigenvalue weighted by Crippen LogP contribution is -2.24. The molecule has 1 aromatic heterocycles. The predicted octanol–water partition coefficient (Wildman–Crippen LogP) is 4.51. The second kappa shape index (κ2) is 8.24. The van der Waals surface area contributed by atoms with Gasteiger partial charge < -0.3 is 5.32 Å². The minimum Gasteiger partial charge on any atom is -0.341 e. The molecule has 0 aliphatic heterocycles. The summed E-state index contributed by atoms with van der Waals surface area (Å²) in [5, 5.41) is 5.11. The van der Waals surface area contributed by atoms with Crippen LogP contribution in [0.4, 0.5) is 15.0 Å². The summed E-state index contributed by atoms with van der Waals surface area (Å²) < 4.78 is 13.4. The van der Waals surface area contributed by atoms with Crippen molar-refractivity contribution in [3.8, 4) is 0 Å². The average molecular weight is 327 g/mol. The molecule has 0 aliphatic rings. The summed E-state index contributed by atoms with van der Waals surface area (Å²) in [5.41, 5.74) is 3.82. The topological polar surface area (TPSA) is 54.0 Å². The van der Waals surface area contributed by atoms with Crippen LogP contribution in [-0.2, 0) is 0 Å². The Bertz CT molecular complexity index is 739. The molecule has 2 N–H and O–H groups in total. The largest absolute Gasteiger partial charge is 0.341 e. The van der Waals surface area contributed by atoms with Crippen LogP contribution in [0.5, 0.6) is 0 Å². The third-order valence-electron chi connectivity index (χ3n) is 3.66. The number of rotatable bonds is 5. The van der Waals surface area contributed by atoms with Crippen LogP contribution < -0.4 is 10.6 Å². The van der Waals surface area contributed by atoms with Crippen molar-refractivity contribution in [2.75, 3.05) is 12.4 Å². The van der Waals surface area contributed by atoms with Gasteiger partial charge in [0.15, 0.2) is 0 Å². The van der Waals surface area contributed by atoms with E-state index in [-0.39, 0.29) is 11.8 Å². The first-order chi connectivity index (χ1) is 11.5. The van der Waals surface area contributed by atoms with E-state index in [0.29, 0.717) is 5.82 Å². The molecule has 24 heavy (non-hydrogen) atoms. The van der Waals surface area contributed by atoms with E-state index in [1.165, 1.54) is 12.1 Å². The number of hydrogen-bond donors (Lipinski definition) is 2. The number of carbonyl (C=O) groups is 1. The highest BCUT2D eigenvalue weighted by Gasteiger charge is 2.10. The van der Waals surface area contributed by atoms with Crippen molar-refractivity contribution in [1.82, 2.24) is 10.3 Å². The molecule has 0 atom stereocenters. The third kappa shape index (κ3) is 4.41. The van der Waals surface area contributed by atoms with E-state index in [0.717, 1.165) is 35.1 Å². The first kappa shape index (κ1) is 17.7. The molecule has 2 aromatic rings. The SMILES string of the molecule is CCCC=C(c1ccc(NC(=O)NC)nc1)c1ccc(F)cc1C. The normalized spacial score (nSPS) is 11.2. The number of amides is 2. The maximum absolute atomic E-state index is 13.4. The Morgan fingerprint density at radius 1 is 1.29 bits per heavy atom. The average Bonchev–Trinajstić information content (AvgIpc) is 2.57. The van der Waals surface area contributed by atoms with Gasteiger partial charge in [0.1, 0.15) is 11.6 Å². The summed E-state index contributed by atoms with van der Waals surface area (Å²) in [7, 11) is 1.55. The van der Waals surface area contributed by atoms with Crippen molar-refractivity contribution < 1.29 is 9.18 Å². The van der Waals surface area contributed by atoms with Crippen molar-refractivity contribution in [2.45, 2.75) is 26.7 Å². The summed E-state index contributed by atoms with van der Waals surface area (Å²) in [6, 6.07) is 8.14. The number of unbranched alkanes of at least 4 members (excludes halogenated alkanes) is 1. The number of halogens is 1. The van der Waals surface area contributed by atoms with Crippen LogP contribution in [0.15, 0.2) is 42.6 Å². The summed E-state index contributed by atoms with van der Waals surface area (Å²) in [6.45, 7) is 4.01. The van der Waals surface area contributed by atoms with Gasteiger partial charge >= 0.3 is 6.03 Å². The summed E-state index contributed by atoms with van der Waals surface area (Å²) in [6.07, 6.45) is 5.80. The van der Waals surface area contributed by atoms with Gasteiger partial charge in [-0.05, 0) is 54.3 Å². The molecule has 2 amide bonds. The van der Waals surface area contributed by atoms with Gasteiger partial charge in [0, 0.05) is 18.8 Å². The monoisotopic (exact) mass is 327 g/mol. The second-order valence-corrected chi connectivity index (χ2v) is 5.50. The first-order valence-electron chi connectivity index (χ1n) is 7.97. The van der Waals surface area contributed by atoms with Crippen molar-refractivity contribution >= 4 is 17.4 Å². The number of aromatic nitrogens is 1. The molecular formula is C19H22FN3O. The van der Waals surface area contributed by atoms with Gasteiger partial charge in [-0.25, -0.2) is 14.2 Å². The number of hydrogen-bond acceptors (Lipinski definition) is 2. The number of pyridine rings is 1. The van der Waals surface area contributed by atoms with E-state index >= 15 is 0 Å². The summed E-state index contributed by atoms with van der Waals surface area (Å²) in [5.74, 6) is 0.234. The highest BCUT2D eigenvalue weighted by atomic mass is 19.1. The molecule has 0 spiro atoms. The van der Waals surface area contributed by atoms with Gasteiger partial charge in [-0.15, -0.1) is 0 Å².